The average molecular weight is 532 g/mol. The van der Waals surface area contributed by atoms with Gasteiger partial charge in [0, 0.05) is 18.9 Å². The number of nitrogens with zero attached hydrogens (tertiary/aromatic N) is 5. The third-order valence-corrected chi connectivity index (χ3v) is 6.05. The van der Waals surface area contributed by atoms with E-state index < -0.39 is 28.8 Å². The molecule has 38 heavy (non-hydrogen) atoms. The molecule has 1 aromatic carbocycles. The van der Waals surface area contributed by atoms with Gasteiger partial charge in [-0.05, 0) is 42.9 Å². The van der Waals surface area contributed by atoms with E-state index in [1.54, 1.807) is 34.5 Å². The number of H-pyrrole nitrogens is 1. The lowest BCUT2D eigenvalue weighted by Crippen LogP contribution is -2.24. The van der Waals surface area contributed by atoms with Crippen molar-refractivity contribution in [3.8, 4) is 11.4 Å². The molecule has 0 amide bonds. The Labute approximate surface area is 213 Å². The van der Waals surface area contributed by atoms with Crippen LogP contribution in [0.15, 0.2) is 46.6 Å². The summed E-state index contributed by atoms with van der Waals surface area (Å²) in [6.45, 7) is 2.71. The zero-order valence-corrected chi connectivity index (χ0v) is 20.4. The molecule has 9 nitrogen and oxygen atoms in total. The molecular weight excluding hydrogens is 506 g/mol. The minimum absolute atomic E-state index is 0.207. The number of aromatic nitrogens is 6. The number of hydrogen-bond donors (Lipinski definition) is 2. The fourth-order valence-electron chi connectivity index (χ4n) is 3.85. The number of aromatic amines is 1. The minimum atomic E-state index is -4.74. The molecule has 0 unspecified atom stereocenters. The van der Waals surface area contributed by atoms with Gasteiger partial charge in [0.05, 0.1) is 34.7 Å². The molecule has 1 aliphatic carbocycles. The first-order chi connectivity index (χ1) is 18.1. The predicted molar refractivity (Wildman–Crippen MR) is 133 cm³/mol. The van der Waals surface area contributed by atoms with Crippen LogP contribution in [0.4, 0.5) is 23.2 Å². The van der Waals surface area contributed by atoms with E-state index in [-0.39, 0.29) is 11.1 Å². The Morgan fingerprint density at radius 1 is 1.08 bits per heavy atom. The molecule has 13 heteroatoms. The third-order valence-electron chi connectivity index (χ3n) is 6.05. The Bertz CT molecular complexity index is 1550. The van der Waals surface area contributed by atoms with Crippen molar-refractivity contribution in [3.63, 3.8) is 0 Å². The van der Waals surface area contributed by atoms with Gasteiger partial charge >= 0.3 is 6.18 Å². The molecular formula is C25H25F4N7O2. The van der Waals surface area contributed by atoms with Gasteiger partial charge in [0.25, 0.3) is 11.1 Å². The number of rotatable bonds is 6. The molecule has 200 valence electrons. The fraction of sp³-hybridized carbons (Fsp3) is 0.360. The summed E-state index contributed by atoms with van der Waals surface area (Å²) in [6.07, 6.45) is 6.45. The van der Waals surface area contributed by atoms with Crippen LogP contribution in [0.25, 0.3) is 22.3 Å². The highest BCUT2D eigenvalue weighted by atomic mass is 19.4. The molecule has 3 heterocycles. The zero-order chi connectivity index (χ0) is 27.4. The minimum Gasteiger partial charge on any atom is -0.397 e. The van der Waals surface area contributed by atoms with Crippen molar-refractivity contribution < 1.29 is 17.6 Å². The summed E-state index contributed by atoms with van der Waals surface area (Å²) in [7, 11) is 0. The SMILES string of the molecule is CCCCCn1cnc2cc(-c3ncc(C4CC4)cn3)c(F)cc2c1=O.Nc1cn[nH]c(=O)c1C(F)(F)F. The van der Waals surface area contributed by atoms with Crippen LogP contribution >= 0.6 is 0 Å². The lowest BCUT2D eigenvalue weighted by molar-refractivity contribution is -0.138. The second-order valence-corrected chi connectivity index (χ2v) is 8.94. The molecule has 1 saturated carbocycles. The molecule has 0 atom stereocenters. The first-order valence-corrected chi connectivity index (χ1v) is 12.0. The van der Waals surface area contributed by atoms with E-state index in [9.17, 15) is 27.2 Å². The Kier molecular flexibility index (Phi) is 7.83. The number of nitrogen functional groups attached to an aromatic ring is 1. The summed E-state index contributed by atoms with van der Waals surface area (Å²) in [6, 6.07) is 2.82. The fourth-order valence-corrected chi connectivity index (χ4v) is 3.85. The van der Waals surface area contributed by atoms with Crippen LogP contribution < -0.4 is 16.9 Å². The molecule has 3 aromatic heterocycles. The van der Waals surface area contributed by atoms with E-state index in [0.717, 1.165) is 31.0 Å². The summed E-state index contributed by atoms with van der Waals surface area (Å²) in [5.41, 5.74) is 3.13. The second-order valence-electron chi connectivity index (χ2n) is 8.94. The summed E-state index contributed by atoms with van der Waals surface area (Å²) in [5, 5.41) is 5.03. The normalized spacial score (nSPS) is 13.3. The number of halogens is 4. The van der Waals surface area contributed by atoms with Crippen LogP contribution in [-0.2, 0) is 12.7 Å². The van der Waals surface area contributed by atoms with Crippen LogP contribution in [0.5, 0.6) is 0 Å². The van der Waals surface area contributed by atoms with Crippen LogP contribution in [0.3, 0.4) is 0 Å². The number of alkyl halides is 3. The highest BCUT2D eigenvalue weighted by molar-refractivity contribution is 5.82. The van der Waals surface area contributed by atoms with Crippen molar-refractivity contribution in [2.24, 2.45) is 0 Å². The largest absolute Gasteiger partial charge is 0.423 e. The lowest BCUT2D eigenvalue weighted by Gasteiger charge is -2.08. The van der Waals surface area contributed by atoms with Gasteiger partial charge in [-0.2, -0.15) is 18.3 Å². The summed E-state index contributed by atoms with van der Waals surface area (Å²) in [4.78, 5) is 36.1. The maximum Gasteiger partial charge on any atom is 0.423 e. The highest BCUT2D eigenvalue weighted by Gasteiger charge is 2.36. The maximum atomic E-state index is 14.6. The van der Waals surface area contributed by atoms with Gasteiger partial charge in [0.1, 0.15) is 11.4 Å². The average Bonchev–Trinajstić information content (AvgIpc) is 3.71. The van der Waals surface area contributed by atoms with E-state index >= 15 is 0 Å². The summed E-state index contributed by atoms with van der Waals surface area (Å²) in [5.74, 6) is 0.378. The number of nitrogens with two attached hydrogens (primary N) is 1. The van der Waals surface area contributed by atoms with Gasteiger partial charge in [-0.1, -0.05) is 19.8 Å². The first kappa shape index (κ1) is 26.9. The quantitative estimate of drug-likeness (QED) is 0.278. The van der Waals surface area contributed by atoms with Gasteiger partial charge in [0.15, 0.2) is 5.82 Å². The Morgan fingerprint density at radius 2 is 1.79 bits per heavy atom. The first-order valence-electron chi connectivity index (χ1n) is 12.0. The predicted octanol–water partition coefficient (Wildman–Crippen LogP) is 4.43. The van der Waals surface area contributed by atoms with Crippen molar-refractivity contribution in [2.45, 2.75) is 57.7 Å². The Hall–Kier alpha value is -4.16. The van der Waals surface area contributed by atoms with E-state index in [1.165, 1.54) is 18.9 Å². The van der Waals surface area contributed by atoms with E-state index in [2.05, 4.69) is 27.0 Å². The van der Waals surface area contributed by atoms with Gasteiger partial charge in [-0.15, -0.1) is 0 Å². The van der Waals surface area contributed by atoms with E-state index in [0.29, 0.717) is 29.2 Å². The topological polar surface area (TPSA) is 132 Å². The number of nitrogens with one attached hydrogen (secondary N) is 1. The van der Waals surface area contributed by atoms with Crippen LogP contribution in [-0.4, -0.2) is 29.7 Å². The van der Waals surface area contributed by atoms with Gasteiger partial charge in [-0.3, -0.25) is 14.2 Å². The maximum absolute atomic E-state index is 14.6. The van der Waals surface area contributed by atoms with Crippen molar-refractivity contribution in [1.82, 2.24) is 29.7 Å². The highest BCUT2D eigenvalue weighted by Crippen LogP contribution is 2.39. The molecule has 3 N–H and O–H groups in total. The van der Waals surface area contributed by atoms with E-state index in [4.69, 9.17) is 5.73 Å². The molecule has 5 rings (SSSR count). The molecule has 4 aromatic rings. The molecule has 0 aliphatic heterocycles. The molecule has 0 spiro atoms. The number of fused-ring (bicyclic) bond motifs is 1. The lowest BCUT2D eigenvalue weighted by atomic mass is 10.1. The van der Waals surface area contributed by atoms with E-state index in [1.807, 2.05) is 0 Å². The van der Waals surface area contributed by atoms with Crippen molar-refractivity contribution in [3.05, 3.63) is 74.7 Å². The number of hydrogen-bond acceptors (Lipinski definition) is 7. The molecule has 0 bridgehead atoms. The molecule has 1 aliphatic rings. The van der Waals surface area contributed by atoms with Crippen molar-refractivity contribution in [2.75, 3.05) is 5.73 Å². The Balaban J connectivity index is 0.000000236. The van der Waals surface area contributed by atoms with Gasteiger partial charge in [-0.25, -0.2) is 24.4 Å². The second kappa shape index (κ2) is 11.1. The number of aryl methyl sites for hydroxylation is 1. The zero-order valence-electron chi connectivity index (χ0n) is 20.4. The number of unbranched alkanes of at least 4 members (excludes halogenated alkanes) is 2. The van der Waals surface area contributed by atoms with Gasteiger partial charge in [0.2, 0.25) is 0 Å². The number of benzene rings is 1. The smallest absolute Gasteiger partial charge is 0.397 e. The third kappa shape index (κ3) is 6.03. The van der Waals surface area contributed by atoms with Crippen molar-refractivity contribution in [1.29, 1.82) is 0 Å². The molecule has 1 fully saturated rings. The van der Waals surface area contributed by atoms with Crippen molar-refractivity contribution >= 4 is 16.6 Å². The molecule has 0 radical (unpaired) electrons. The van der Waals surface area contributed by atoms with Gasteiger partial charge < -0.3 is 5.73 Å². The summed E-state index contributed by atoms with van der Waals surface area (Å²) < 4.78 is 52.1. The van der Waals surface area contributed by atoms with Crippen LogP contribution in [0.2, 0.25) is 0 Å². The Morgan fingerprint density at radius 3 is 2.37 bits per heavy atom. The standard InChI is InChI=1S/C20H21FN4O.C5H4F3N3O/c1-2-3-4-7-25-12-24-18-9-15(17(21)8-16(18)20(25)26)19-22-10-14(11-23-19)13-5-6-13;6-5(7,8)3-2(9)1-10-11-4(3)12/h8-13H,2-7H2,1H3;1H,(H3,9,11,12). The van der Waals surface area contributed by atoms with Crippen LogP contribution in [0, 0.1) is 5.82 Å². The summed E-state index contributed by atoms with van der Waals surface area (Å²) >= 11 is 0. The monoisotopic (exact) mass is 531 g/mol. The van der Waals surface area contributed by atoms with Crippen LogP contribution in [0.1, 0.15) is 56.1 Å². The number of anilines is 1. The molecule has 0 saturated heterocycles.